The van der Waals surface area contributed by atoms with E-state index in [1.54, 1.807) is 0 Å². The summed E-state index contributed by atoms with van der Waals surface area (Å²) in [7, 11) is 0. The highest BCUT2D eigenvalue weighted by molar-refractivity contribution is 5.94. The smallest absolute Gasteiger partial charge is 0.256 e. The van der Waals surface area contributed by atoms with Gasteiger partial charge in [-0.3, -0.25) is 9.59 Å². The topological polar surface area (TPSA) is 69.6 Å². The Morgan fingerprint density at radius 3 is 2.58 bits per heavy atom. The summed E-state index contributed by atoms with van der Waals surface area (Å²) in [5.74, 6) is -2.38. The zero-order valence-electron chi connectivity index (χ0n) is 13.6. The molecule has 1 aliphatic rings. The molecule has 1 aromatic carbocycles. The predicted molar refractivity (Wildman–Crippen MR) is 84.3 cm³/mol. The van der Waals surface area contributed by atoms with Gasteiger partial charge in [0.05, 0.1) is 5.56 Å². The fourth-order valence-electron chi connectivity index (χ4n) is 2.80. The maximum atomic E-state index is 13.7. The first-order chi connectivity index (χ1) is 11.4. The van der Waals surface area contributed by atoms with Crippen molar-refractivity contribution < 1.29 is 23.5 Å². The fraction of sp³-hybridized carbons (Fsp3) is 0.529. The number of hydrogen-bond acceptors (Lipinski definition) is 3. The van der Waals surface area contributed by atoms with Crippen LogP contribution in [-0.4, -0.2) is 47.6 Å². The molecule has 0 bridgehead atoms. The van der Waals surface area contributed by atoms with Crippen LogP contribution in [-0.2, 0) is 4.79 Å². The molecule has 2 rings (SSSR count). The van der Waals surface area contributed by atoms with Crippen LogP contribution in [0.2, 0.25) is 0 Å². The van der Waals surface area contributed by atoms with Gasteiger partial charge in [-0.2, -0.15) is 0 Å². The van der Waals surface area contributed by atoms with E-state index in [0.717, 1.165) is 12.1 Å². The van der Waals surface area contributed by atoms with Gasteiger partial charge in [-0.15, -0.1) is 0 Å². The van der Waals surface area contributed by atoms with Gasteiger partial charge in [0.2, 0.25) is 5.91 Å². The molecular weight excluding hydrogens is 318 g/mol. The summed E-state index contributed by atoms with van der Waals surface area (Å²) < 4.78 is 26.6. The SMILES string of the molecule is CC(CCO)NC(=O)C1CCN(C(=O)c2ccc(F)cc2F)CC1. The lowest BCUT2D eigenvalue weighted by atomic mass is 9.95. The van der Waals surface area contributed by atoms with E-state index >= 15 is 0 Å². The third-order valence-electron chi connectivity index (χ3n) is 4.27. The minimum Gasteiger partial charge on any atom is -0.396 e. The van der Waals surface area contributed by atoms with Crippen molar-refractivity contribution in [3.8, 4) is 0 Å². The van der Waals surface area contributed by atoms with E-state index in [1.165, 1.54) is 4.90 Å². The maximum Gasteiger partial charge on any atom is 0.256 e. The number of halogens is 2. The number of hydrogen-bond donors (Lipinski definition) is 2. The van der Waals surface area contributed by atoms with Crippen molar-refractivity contribution in [1.29, 1.82) is 0 Å². The van der Waals surface area contributed by atoms with Crippen molar-refractivity contribution in [1.82, 2.24) is 10.2 Å². The van der Waals surface area contributed by atoms with Crippen LogP contribution in [0.1, 0.15) is 36.5 Å². The van der Waals surface area contributed by atoms with Gasteiger partial charge >= 0.3 is 0 Å². The number of nitrogens with zero attached hydrogens (tertiary/aromatic N) is 1. The summed E-state index contributed by atoms with van der Waals surface area (Å²) in [5.41, 5.74) is -0.157. The Labute approximate surface area is 139 Å². The third kappa shape index (κ3) is 4.50. The number of carbonyl (C=O) groups is 2. The Bertz CT molecular complexity index is 601. The average Bonchev–Trinajstić information content (AvgIpc) is 2.54. The van der Waals surface area contributed by atoms with Gasteiger partial charge in [0.25, 0.3) is 5.91 Å². The van der Waals surface area contributed by atoms with E-state index in [0.29, 0.717) is 38.4 Å². The number of aliphatic hydroxyl groups is 1. The normalized spacial score (nSPS) is 16.8. The Morgan fingerprint density at radius 2 is 2.00 bits per heavy atom. The number of carbonyl (C=O) groups excluding carboxylic acids is 2. The van der Waals surface area contributed by atoms with Crippen LogP contribution >= 0.6 is 0 Å². The van der Waals surface area contributed by atoms with Crippen molar-refractivity contribution >= 4 is 11.8 Å². The minimum absolute atomic E-state index is 0.0115. The molecule has 5 nitrogen and oxygen atoms in total. The highest BCUT2D eigenvalue weighted by Crippen LogP contribution is 2.21. The number of amides is 2. The molecular formula is C17H22F2N2O3. The van der Waals surface area contributed by atoms with Crippen LogP contribution in [0, 0.1) is 17.6 Å². The van der Waals surface area contributed by atoms with E-state index in [-0.39, 0.29) is 30.0 Å². The third-order valence-corrected chi connectivity index (χ3v) is 4.27. The van der Waals surface area contributed by atoms with Crippen molar-refractivity contribution in [2.75, 3.05) is 19.7 Å². The number of nitrogens with one attached hydrogen (secondary N) is 1. The second-order valence-corrected chi connectivity index (χ2v) is 6.11. The maximum absolute atomic E-state index is 13.7. The molecule has 0 radical (unpaired) electrons. The van der Waals surface area contributed by atoms with Gasteiger partial charge in [0, 0.05) is 37.7 Å². The van der Waals surface area contributed by atoms with Gasteiger partial charge in [-0.1, -0.05) is 0 Å². The van der Waals surface area contributed by atoms with Gasteiger partial charge in [-0.25, -0.2) is 8.78 Å². The first-order valence-electron chi connectivity index (χ1n) is 8.08. The van der Waals surface area contributed by atoms with Gasteiger partial charge < -0.3 is 15.3 Å². The Hall–Kier alpha value is -2.02. The second-order valence-electron chi connectivity index (χ2n) is 6.11. The number of likely N-dealkylation sites (tertiary alicyclic amines) is 1. The molecule has 0 spiro atoms. The Kier molecular flexibility index (Phi) is 6.25. The molecule has 0 aromatic heterocycles. The standard InChI is InChI=1S/C17H22F2N2O3/c1-11(6-9-22)20-16(23)12-4-7-21(8-5-12)17(24)14-3-2-13(18)10-15(14)19/h2-3,10-12,22H,4-9H2,1H3,(H,20,23). The first kappa shape index (κ1) is 18.3. The number of aliphatic hydroxyl groups excluding tert-OH is 1. The molecule has 1 aliphatic heterocycles. The molecule has 24 heavy (non-hydrogen) atoms. The first-order valence-corrected chi connectivity index (χ1v) is 8.08. The van der Waals surface area contributed by atoms with Crippen LogP contribution in [0.25, 0.3) is 0 Å². The molecule has 1 heterocycles. The van der Waals surface area contributed by atoms with E-state index in [4.69, 9.17) is 5.11 Å². The van der Waals surface area contributed by atoms with E-state index in [2.05, 4.69) is 5.32 Å². The quantitative estimate of drug-likeness (QED) is 0.857. The van der Waals surface area contributed by atoms with Crippen molar-refractivity contribution in [3.05, 3.63) is 35.4 Å². The van der Waals surface area contributed by atoms with Crippen LogP contribution in [0.15, 0.2) is 18.2 Å². The van der Waals surface area contributed by atoms with Crippen molar-refractivity contribution in [2.45, 2.75) is 32.2 Å². The Balaban J connectivity index is 1.90. The molecule has 2 amide bonds. The summed E-state index contributed by atoms with van der Waals surface area (Å²) in [5, 5.41) is 11.7. The molecule has 7 heteroatoms. The van der Waals surface area contributed by atoms with Crippen molar-refractivity contribution in [3.63, 3.8) is 0 Å². The average molecular weight is 340 g/mol. The predicted octanol–water partition coefficient (Wildman–Crippen LogP) is 1.70. The molecule has 1 fully saturated rings. The zero-order chi connectivity index (χ0) is 17.7. The highest BCUT2D eigenvalue weighted by Gasteiger charge is 2.29. The van der Waals surface area contributed by atoms with Crippen molar-refractivity contribution in [2.24, 2.45) is 5.92 Å². The second kappa shape index (κ2) is 8.19. The van der Waals surface area contributed by atoms with Crippen LogP contribution in [0.4, 0.5) is 8.78 Å². The van der Waals surface area contributed by atoms with Gasteiger partial charge in [0.1, 0.15) is 11.6 Å². The van der Waals surface area contributed by atoms with Crippen LogP contribution in [0.5, 0.6) is 0 Å². The summed E-state index contributed by atoms with van der Waals surface area (Å²) in [4.78, 5) is 25.9. The molecule has 1 aromatic rings. The number of piperidine rings is 1. The van der Waals surface area contributed by atoms with E-state index in [9.17, 15) is 18.4 Å². The number of benzene rings is 1. The van der Waals surface area contributed by atoms with Crippen LogP contribution < -0.4 is 5.32 Å². The van der Waals surface area contributed by atoms with E-state index < -0.39 is 17.5 Å². The highest BCUT2D eigenvalue weighted by atomic mass is 19.1. The lowest BCUT2D eigenvalue weighted by Crippen LogP contribution is -2.45. The van der Waals surface area contributed by atoms with Gasteiger partial charge in [0.15, 0.2) is 0 Å². The summed E-state index contributed by atoms with van der Waals surface area (Å²) >= 11 is 0. The molecule has 2 N–H and O–H groups in total. The summed E-state index contributed by atoms with van der Waals surface area (Å²) in [6.45, 7) is 2.53. The van der Waals surface area contributed by atoms with E-state index in [1.807, 2.05) is 6.92 Å². The molecule has 1 saturated heterocycles. The monoisotopic (exact) mass is 340 g/mol. The largest absolute Gasteiger partial charge is 0.396 e. The fourth-order valence-corrected chi connectivity index (χ4v) is 2.80. The summed E-state index contributed by atoms with van der Waals surface area (Å²) in [6.07, 6.45) is 1.48. The van der Waals surface area contributed by atoms with Gasteiger partial charge in [-0.05, 0) is 38.3 Å². The molecule has 0 aliphatic carbocycles. The number of rotatable bonds is 5. The minimum atomic E-state index is -0.877. The molecule has 0 saturated carbocycles. The molecule has 1 unspecified atom stereocenters. The lowest BCUT2D eigenvalue weighted by molar-refractivity contribution is -0.127. The Morgan fingerprint density at radius 1 is 1.33 bits per heavy atom. The lowest BCUT2D eigenvalue weighted by Gasteiger charge is -2.32. The molecule has 1 atom stereocenters. The zero-order valence-corrected chi connectivity index (χ0v) is 13.6. The molecule has 132 valence electrons. The summed E-state index contributed by atoms with van der Waals surface area (Å²) in [6, 6.07) is 2.78. The van der Waals surface area contributed by atoms with Crippen LogP contribution in [0.3, 0.4) is 0 Å².